The Labute approximate surface area is 152 Å². The van der Waals surface area contributed by atoms with Gasteiger partial charge in [-0.15, -0.1) is 0 Å². The number of hydrogen-bond acceptors (Lipinski definition) is 4. The average molecular weight is 348 g/mol. The highest BCUT2D eigenvalue weighted by molar-refractivity contribution is 6.08. The lowest BCUT2D eigenvalue weighted by Gasteiger charge is -2.35. The first-order valence-electron chi connectivity index (χ1n) is 8.74. The Hall–Kier alpha value is -3.15. The maximum absolute atomic E-state index is 13.3. The van der Waals surface area contributed by atoms with E-state index in [-0.39, 0.29) is 11.9 Å². The van der Waals surface area contributed by atoms with Crippen LogP contribution in [0.2, 0.25) is 0 Å². The molecule has 0 unspecified atom stereocenters. The molecule has 0 bridgehead atoms. The Kier molecular flexibility index (Phi) is 4.39. The highest BCUT2D eigenvalue weighted by atomic mass is 16.5. The minimum absolute atomic E-state index is 0.0936. The van der Waals surface area contributed by atoms with Crippen LogP contribution in [0, 0.1) is 0 Å². The first kappa shape index (κ1) is 16.3. The first-order valence-corrected chi connectivity index (χ1v) is 8.74. The molecule has 1 amide bonds. The summed E-state index contributed by atoms with van der Waals surface area (Å²) in [5, 5.41) is 4.37. The van der Waals surface area contributed by atoms with Gasteiger partial charge in [-0.2, -0.15) is 5.10 Å². The summed E-state index contributed by atoms with van der Waals surface area (Å²) in [4.78, 5) is 19.4. The van der Waals surface area contributed by atoms with Crippen molar-refractivity contribution in [3.05, 3.63) is 72.2 Å². The van der Waals surface area contributed by atoms with Crippen LogP contribution in [0.5, 0.6) is 5.88 Å². The fourth-order valence-corrected chi connectivity index (χ4v) is 3.39. The molecular formula is C20H20N4O2. The van der Waals surface area contributed by atoms with Gasteiger partial charge in [0.05, 0.1) is 12.6 Å². The molecule has 1 aliphatic rings. The largest absolute Gasteiger partial charge is 0.477 e. The van der Waals surface area contributed by atoms with Crippen molar-refractivity contribution in [2.75, 3.05) is 18.1 Å². The van der Waals surface area contributed by atoms with Gasteiger partial charge in [-0.25, -0.2) is 4.98 Å². The van der Waals surface area contributed by atoms with E-state index in [1.165, 1.54) is 0 Å². The van der Waals surface area contributed by atoms with E-state index in [1.807, 2.05) is 47.0 Å². The molecule has 0 spiro atoms. The number of para-hydroxylation sites is 1. The van der Waals surface area contributed by atoms with Crippen molar-refractivity contribution in [2.45, 2.75) is 19.4 Å². The zero-order valence-electron chi connectivity index (χ0n) is 14.6. The number of nitrogens with zero attached hydrogens (tertiary/aromatic N) is 4. The maximum atomic E-state index is 13.3. The molecule has 6 heteroatoms. The smallest absolute Gasteiger partial charge is 0.263 e. The van der Waals surface area contributed by atoms with Crippen LogP contribution in [0.1, 0.15) is 28.9 Å². The lowest BCUT2D eigenvalue weighted by molar-refractivity contribution is 0.0975. The molecule has 0 saturated carbocycles. The zero-order chi connectivity index (χ0) is 17.9. The van der Waals surface area contributed by atoms with E-state index in [4.69, 9.17) is 4.74 Å². The van der Waals surface area contributed by atoms with Crippen LogP contribution >= 0.6 is 0 Å². The number of aromatic nitrogens is 3. The van der Waals surface area contributed by atoms with Crippen molar-refractivity contribution >= 4 is 11.6 Å². The third-order valence-corrected chi connectivity index (χ3v) is 4.56. The van der Waals surface area contributed by atoms with Gasteiger partial charge in [0.1, 0.15) is 5.56 Å². The second-order valence-electron chi connectivity index (χ2n) is 6.18. The van der Waals surface area contributed by atoms with Crippen molar-refractivity contribution in [3.63, 3.8) is 0 Å². The summed E-state index contributed by atoms with van der Waals surface area (Å²) in [5.41, 5.74) is 2.55. The molecule has 26 heavy (non-hydrogen) atoms. The van der Waals surface area contributed by atoms with Gasteiger partial charge in [0, 0.05) is 30.8 Å². The predicted octanol–water partition coefficient (Wildman–Crippen LogP) is 3.12. The number of carbonyl (C=O) groups is 1. The van der Waals surface area contributed by atoms with Gasteiger partial charge in [-0.05, 0) is 43.2 Å². The predicted molar refractivity (Wildman–Crippen MR) is 98.5 cm³/mol. The lowest BCUT2D eigenvalue weighted by Crippen LogP contribution is -2.41. The molecule has 2 aromatic heterocycles. The van der Waals surface area contributed by atoms with Crippen molar-refractivity contribution in [3.8, 4) is 5.88 Å². The number of pyridine rings is 1. The molecule has 0 saturated heterocycles. The molecule has 132 valence electrons. The SMILES string of the molecule is CCOc1ncccc1C(=O)N1C[C@H](n2cccn2)Cc2ccccc21. The molecule has 0 N–H and O–H groups in total. The summed E-state index contributed by atoms with van der Waals surface area (Å²) in [6.45, 7) is 2.90. The van der Waals surface area contributed by atoms with Gasteiger partial charge >= 0.3 is 0 Å². The lowest BCUT2D eigenvalue weighted by atomic mass is 9.97. The molecule has 3 aromatic rings. The van der Waals surface area contributed by atoms with E-state index in [1.54, 1.807) is 24.5 Å². The van der Waals surface area contributed by atoms with Crippen LogP contribution in [0.4, 0.5) is 5.69 Å². The van der Waals surface area contributed by atoms with E-state index in [2.05, 4.69) is 16.1 Å². The summed E-state index contributed by atoms with van der Waals surface area (Å²) in [5.74, 6) is 0.268. The third kappa shape index (κ3) is 2.94. The molecular weight excluding hydrogens is 328 g/mol. The van der Waals surface area contributed by atoms with Gasteiger partial charge < -0.3 is 9.64 Å². The molecule has 0 radical (unpaired) electrons. The Bertz CT molecular complexity index is 908. The van der Waals surface area contributed by atoms with E-state index in [0.717, 1.165) is 17.7 Å². The topological polar surface area (TPSA) is 60.2 Å². The second kappa shape index (κ2) is 7.00. The fraction of sp³-hybridized carbons (Fsp3) is 0.250. The summed E-state index contributed by atoms with van der Waals surface area (Å²) in [6, 6.07) is 13.5. The molecule has 0 fully saturated rings. The first-order chi connectivity index (χ1) is 12.8. The van der Waals surface area contributed by atoms with Crippen molar-refractivity contribution in [1.29, 1.82) is 0 Å². The van der Waals surface area contributed by atoms with Gasteiger partial charge in [-0.3, -0.25) is 9.48 Å². The van der Waals surface area contributed by atoms with Gasteiger partial charge in [0.25, 0.3) is 5.91 Å². The highest BCUT2D eigenvalue weighted by Gasteiger charge is 2.31. The normalized spacial score (nSPS) is 16.2. The van der Waals surface area contributed by atoms with Crippen LogP contribution in [0.3, 0.4) is 0 Å². The van der Waals surface area contributed by atoms with E-state index >= 15 is 0 Å². The number of hydrogen-bond donors (Lipinski definition) is 0. The maximum Gasteiger partial charge on any atom is 0.263 e. The number of amides is 1. The molecule has 1 aromatic carbocycles. The van der Waals surface area contributed by atoms with Crippen LogP contribution in [-0.2, 0) is 6.42 Å². The van der Waals surface area contributed by atoms with Crippen LogP contribution < -0.4 is 9.64 Å². The average Bonchev–Trinajstić information content (AvgIpc) is 3.22. The molecule has 1 aliphatic heterocycles. The molecule has 6 nitrogen and oxygen atoms in total. The Morgan fingerprint density at radius 3 is 2.88 bits per heavy atom. The zero-order valence-corrected chi connectivity index (χ0v) is 14.6. The highest BCUT2D eigenvalue weighted by Crippen LogP contribution is 2.33. The summed E-state index contributed by atoms with van der Waals surface area (Å²) >= 11 is 0. The summed E-state index contributed by atoms with van der Waals surface area (Å²) in [7, 11) is 0. The number of rotatable bonds is 4. The van der Waals surface area contributed by atoms with Gasteiger partial charge in [0.15, 0.2) is 0 Å². The van der Waals surface area contributed by atoms with Gasteiger partial charge in [0.2, 0.25) is 5.88 Å². The van der Waals surface area contributed by atoms with Crippen molar-refractivity contribution in [2.24, 2.45) is 0 Å². The number of fused-ring (bicyclic) bond motifs is 1. The van der Waals surface area contributed by atoms with Gasteiger partial charge in [-0.1, -0.05) is 18.2 Å². The summed E-state index contributed by atoms with van der Waals surface area (Å²) < 4.78 is 7.48. The third-order valence-electron chi connectivity index (χ3n) is 4.56. The van der Waals surface area contributed by atoms with Crippen molar-refractivity contribution < 1.29 is 9.53 Å². The van der Waals surface area contributed by atoms with E-state index in [9.17, 15) is 4.79 Å². The van der Waals surface area contributed by atoms with Crippen molar-refractivity contribution in [1.82, 2.24) is 14.8 Å². The number of benzene rings is 1. The second-order valence-corrected chi connectivity index (χ2v) is 6.18. The molecule has 3 heterocycles. The number of ether oxygens (including phenoxy) is 1. The quantitative estimate of drug-likeness (QED) is 0.727. The minimum atomic E-state index is -0.106. The van der Waals surface area contributed by atoms with E-state index in [0.29, 0.717) is 24.6 Å². The van der Waals surface area contributed by atoms with Crippen LogP contribution in [0.25, 0.3) is 0 Å². The fourth-order valence-electron chi connectivity index (χ4n) is 3.39. The van der Waals surface area contributed by atoms with Crippen LogP contribution in [0.15, 0.2) is 61.1 Å². The molecule has 0 aliphatic carbocycles. The summed E-state index contributed by atoms with van der Waals surface area (Å²) in [6.07, 6.45) is 6.18. The minimum Gasteiger partial charge on any atom is -0.477 e. The Morgan fingerprint density at radius 2 is 2.08 bits per heavy atom. The Morgan fingerprint density at radius 1 is 1.19 bits per heavy atom. The molecule has 1 atom stereocenters. The Balaban J connectivity index is 1.73. The monoisotopic (exact) mass is 348 g/mol. The van der Waals surface area contributed by atoms with Crippen LogP contribution in [-0.4, -0.2) is 33.8 Å². The number of carbonyl (C=O) groups excluding carboxylic acids is 1. The standard InChI is InChI=1S/C20H20N4O2/c1-2-26-19-17(8-5-10-21-19)20(25)23-14-16(24-12-6-11-22-24)13-15-7-3-4-9-18(15)23/h3-12,16H,2,13-14H2,1H3/t16-/m1/s1. The van der Waals surface area contributed by atoms with E-state index < -0.39 is 0 Å². The number of anilines is 1. The molecule has 4 rings (SSSR count).